The summed E-state index contributed by atoms with van der Waals surface area (Å²) in [6.45, 7) is 1.15. The first-order valence-electron chi connectivity index (χ1n) is 12.2. The lowest BCUT2D eigenvalue weighted by molar-refractivity contribution is -0.134. The van der Waals surface area contributed by atoms with E-state index in [0.717, 1.165) is 24.3 Å². The van der Waals surface area contributed by atoms with Crippen molar-refractivity contribution in [1.29, 1.82) is 0 Å². The molecule has 1 N–H and O–H groups in total. The second kappa shape index (κ2) is 10.0. The Morgan fingerprint density at radius 3 is 2.40 bits per heavy atom. The van der Waals surface area contributed by atoms with E-state index in [1.807, 2.05) is 17.0 Å². The summed E-state index contributed by atoms with van der Waals surface area (Å²) in [7, 11) is 0. The van der Waals surface area contributed by atoms with E-state index in [2.05, 4.69) is 10.5 Å². The highest BCUT2D eigenvalue weighted by atomic mass is 16.3. The zero-order valence-electron chi connectivity index (χ0n) is 18.3. The van der Waals surface area contributed by atoms with Gasteiger partial charge in [0, 0.05) is 6.54 Å². The van der Waals surface area contributed by atoms with Gasteiger partial charge >= 0.3 is 0 Å². The minimum Gasteiger partial charge on any atom is -0.324 e. The predicted molar refractivity (Wildman–Crippen MR) is 120 cm³/mol. The van der Waals surface area contributed by atoms with E-state index in [1.165, 1.54) is 70.6 Å². The van der Waals surface area contributed by atoms with Crippen LogP contribution in [0.3, 0.4) is 0 Å². The number of amides is 1. The van der Waals surface area contributed by atoms with Crippen LogP contribution in [0.25, 0.3) is 0 Å². The number of carbonyl (C=O) groups is 1. The fourth-order valence-corrected chi connectivity index (χ4v) is 6.02. The minimum atomic E-state index is -0.389. The van der Waals surface area contributed by atoms with Crippen molar-refractivity contribution in [3.63, 3.8) is 0 Å². The maximum absolute atomic E-state index is 13.7. The van der Waals surface area contributed by atoms with Gasteiger partial charge in [-0.05, 0) is 54.0 Å². The first kappa shape index (κ1) is 21.5. The lowest BCUT2D eigenvalue weighted by Gasteiger charge is -2.35. The van der Waals surface area contributed by atoms with Crippen molar-refractivity contribution in [2.24, 2.45) is 17.0 Å². The molecule has 1 heterocycles. The third-order valence-electron chi connectivity index (χ3n) is 7.76. The van der Waals surface area contributed by atoms with Gasteiger partial charge in [-0.2, -0.15) is 0 Å². The first-order valence-corrected chi connectivity index (χ1v) is 12.2. The monoisotopic (exact) mass is 411 g/mol. The highest BCUT2D eigenvalue weighted by Gasteiger charge is 2.47. The van der Waals surface area contributed by atoms with Crippen molar-refractivity contribution in [1.82, 2.24) is 10.2 Å². The first-order chi connectivity index (χ1) is 14.7. The Morgan fingerprint density at radius 1 is 1.00 bits per heavy atom. The molecule has 1 aromatic carbocycles. The number of nitroso groups, excluding NO2 is 1. The van der Waals surface area contributed by atoms with Gasteiger partial charge in [-0.15, -0.1) is 4.91 Å². The van der Waals surface area contributed by atoms with Crippen LogP contribution in [0.5, 0.6) is 0 Å². The van der Waals surface area contributed by atoms with Gasteiger partial charge in [0.2, 0.25) is 5.91 Å². The molecular formula is C25H37N3O2. The van der Waals surface area contributed by atoms with E-state index in [9.17, 15) is 9.70 Å². The Kier molecular flexibility index (Phi) is 7.19. The number of carbonyl (C=O) groups excluding carboxylic acids is 1. The van der Waals surface area contributed by atoms with Crippen molar-refractivity contribution >= 4 is 11.6 Å². The van der Waals surface area contributed by atoms with Crippen LogP contribution < -0.4 is 5.32 Å². The molecule has 0 unspecified atom stereocenters. The molecule has 2 aliphatic carbocycles. The summed E-state index contributed by atoms with van der Waals surface area (Å²) in [5.74, 6) is 1.73. The van der Waals surface area contributed by atoms with Gasteiger partial charge < -0.3 is 4.90 Å². The Labute approximate surface area is 181 Å². The summed E-state index contributed by atoms with van der Waals surface area (Å²) in [6.07, 6.45) is 16.4. The standard InChI is InChI=1S/C25H37N3O2/c29-24-25(17-21-10-5-2-6-11-21,15-14-20-8-3-1-4-9-20)26-19-28(24)18-22-12-7-13-23(16-22)27-30/h7,12-13,16,20-21,26H,1-6,8-11,14-15,17-19H2/t25-/m1/s1. The molecule has 5 nitrogen and oxygen atoms in total. The summed E-state index contributed by atoms with van der Waals surface area (Å²) in [5, 5.41) is 6.74. The molecule has 1 amide bonds. The lowest BCUT2D eigenvalue weighted by Crippen LogP contribution is -2.48. The molecule has 0 spiro atoms. The quantitative estimate of drug-likeness (QED) is 0.530. The van der Waals surface area contributed by atoms with Crippen LogP contribution in [0.2, 0.25) is 0 Å². The molecule has 0 radical (unpaired) electrons. The van der Waals surface area contributed by atoms with Gasteiger partial charge in [-0.1, -0.05) is 76.3 Å². The fraction of sp³-hybridized carbons (Fsp3) is 0.720. The Morgan fingerprint density at radius 2 is 1.70 bits per heavy atom. The molecule has 2 saturated carbocycles. The lowest BCUT2D eigenvalue weighted by atomic mass is 9.75. The maximum atomic E-state index is 13.7. The molecule has 164 valence electrons. The molecule has 4 rings (SSSR count). The third kappa shape index (κ3) is 5.11. The van der Waals surface area contributed by atoms with Crippen molar-refractivity contribution in [2.75, 3.05) is 6.67 Å². The fourth-order valence-electron chi connectivity index (χ4n) is 6.02. The molecule has 0 bridgehead atoms. The average Bonchev–Trinajstić information content (AvgIpc) is 3.09. The van der Waals surface area contributed by atoms with Crippen LogP contribution in [-0.4, -0.2) is 23.0 Å². The Bertz CT molecular complexity index is 725. The van der Waals surface area contributed by atoms with Crippen molar-refractivity contribution in [3.8, 4) is 0 Å². The van der Waals surface area contributed by atoms with E-state index >= 15 is 0 Å². The largest absolute Gasteiger partial charge is 0.324 e. The van der Waals surface area contributed by atoms with Crippen LogP contribution in [0, 0.1) is 16.7 Å². The Hall–Kier alpha value is -1.75. The Balaban J connectivity index is 1.46. The molecule has 30 heavy (non-hydrogen) atoms. The minimum absolute atomic E-state index is 0.272. The number of hydrogen-bond acceptors (Lipinski definition) is 4. The van der Waals surface area contributed by atoms with E-state index in [4.69, 9.17) is 0 Å². The summed E-state index contributed by atoms with van der Waals surface area (Å²) in [6, 6.07) is 7.32. The summed E-state index contributed by atoms with van der Waals surface area (Å²) >= 11 is 0. The predicted octanol–water partition coefficient (Wildman–Crippen LogP) is 6.04. The van der Waals surface area contributed by atoms with Gasteiger partial charge in [0.1, 0.15) is 5.69 Å². The number of hydrogen-bond donors (Lipinski definition) is 1. The van der Waals surface area contributed by atoms with Crippen molar-refractivity contribution in [2.45, 2.75) is 95.6 Å². The van der Waals surface area contributed by atoms with E-state index in [0.29, 0.717) is 24.8 Å². The highest BCUT2D eigenvalue weighted by molar-refractivity contribution is 5.88. The molecule has 0 aromatic heterocycles. The van der Waals surface area contributed by atoms with Crippen molar-refractivity contribution < 1.29 is 4.79 Å². The summed E-state index contributed by atoms with van der Waals surface area (Å²) < 4.78 is 0. The van der Waals surface area contributed by atoms with Gasteiger partial charge in [0.15, 0.2) is 0 Å². The molecule has 3 aliphatic rings. The SMILES string of the molecule is O=Nc1cccc(CN2CN[C@](CCC3CCCCC3)(CC3CCCCC3)C2=O)c1. The van der Waals surface area contributed by atoms with E-state index in [1.54, 1.807) is 12.1 Å². The van der Waals surface area contributed by atoms with Crippen molar-refractivity contribution in [3.05, 3.63) is 34.7 Å². The average molecular weight is 412 g/mol. The zero-order chi connectivity index (χ0) is 20.8. The number of rotatable bonds is 8. The van der Waals surface area contributed by atoms with Gasteiger partial charge in [-0.3, -0.25) is 10.1 Å². The number of nitrogens with one attached hydrogen (secondary N) is 1. The second-order valence-corrected chi connectivity index (χ2v) is 9.93. The number of benzene rings is 1. The van der Waals surface area contributed by atoms with Crippen LogP contribution in [0.4, 0.5) is 5.69 Å². The molecule has 5 heteroatoms. The van der Waals surface area contributed by atoms with E-state index in [-0.39, 0.29) is 11.4 Å². The zero-order valence-corrected chi connectivity index (χ0v) is 18.3. The van der Waals surface area contributed by atoms with Crippen LogP contribution >= 0.6 is 0 Å². The second-order valence-electron chi connectivity index (χ2n) is 9.93. The van der Waals surface area contributed by atoms with Gasteiger partial charge in [-0.25, -0.2) is 0 Å². The molecule has 1 atom stereocenters. The van der Waals surface area contributed by atoms with Crippen LogP contribution in [0.1, 0.15) is 89.0 Å². The number of nitrogens with zero attached hydrogens (tertiary/aromatic N) is 2. The topological polar surface area (TPSA) is 61.8 Å². The highest BCUT2D eigenvalue weighted by Crippen LogP contribution is 2.38. The molecule has 1 saturated heterocycles. The molecule has 1 aromatic rings. The molecular weight excluding hydrogens is 374 g/mol. The van der Waals surface area contributed by atoms with Gasteiger partial charge in [0.25, 0.3) is 0 Å². The van der Waals surface area contributed by atoms with Crippen LogP contribution in [0.15, 0.2) is 29.4 Å². The normalized spacial score (nSPS) is 26.3. The maximum Gasteiger partial charge on any atom is 0.244 e. The van der Waals surface area contributed by atoms with Gasteiger partial charge in [0.05, 0.1) is 12.2 Å². The molecule has 1 aliphatic heterocycles. The third-order valence-corrected chi connectivity index (χ3v) is 7.76. The smallest absolute Gasteiger partial charge is 0.244 e. The summed E-state index contributed by atoms with van der Waals surface area (Å²) in [4.78, 5) is 26.5. The summed E-state index contributed by atoms with van der Waals surface area (Å²) in [5.41, 5.74) is 1.01. The van der Waals surface area contributed by atoms with E-state index < -0.39 is 0 Å². The van der Waals surface area contributed by atoms with Crippen LogP contribution in [-0.2, 0) is 11.3 Å². The molecule has 3 fully saturated rings.